The van der Waals surface area contributed by atoms with Gasteiger partial charge in [0.2, 0.25) is 0 Å². The van der Waals surface area contributed by atoms with Crippen molar-refractivity contribution in [2.75, 3.05) is 0 Å². The molecule has 3 N–H and O–H groups in total. The van der Waals surface area contributed by atoms with Crippen molar-refractivity contribution in [2.45, 2.75) is 25.7 Å². The molecule has 0 saturated heterocycles. The van der Waals surface area contributed by atoms with Crippen LogP contribution in [0.5, 0.6) is 0 Å². The summed E-state index contributed by atoms with van der Waals surface area (Å²) in [7, 11) is 0. The van der Waals surface area contributed by atoms with Gasteiger partial charge < -0.3 is 6.15 Å². The van der Waals surface area contributed by atoms with Gasteiger partial charge in [-0.2, -0.15) is 0 Å². The second-order valence-corrected chi connectivity index (χ2v) is 1.76. The van der Waals surface area contributed by atoms with Gasteiger partial charge in [0, 0.05) is 0 Å². The number of hydrogen-bond acceptors (Lipinski definition) is 1. The smallest absolute Gasteiger partial charge is 0.0351 e. The Morgan fingerprint density at radius 3 is 1.38 bits per heavy atom. The van der Waals surface area contributed by atoms with Crippen molar-refractivity contribution in [3.05, 3.63) is 12.2 Å². The molecule has 1 aliphatic carbocycles. The summed E-state index contributed by atoms with van der Waals surface area (Å²) in [5.41, 5.74) is 0. The second kappa shape index (κ2) is 6.99. The van der Waals surface area contributed by atoms with Crippen LogP contribution in [0.3, 0.4) is 0 Å². The van der Waals surface area contributed by atoms with E-state index in [1.165, 1.54) is 25.7 Å². The molecular formula is C6H14ClN. The summed E-state index contributed by atoms with van der Waals surface area (Å²) >= 11 is 0. The molecule has 0 amide bonds. The lowest BCUT2D eigenvalue weighted by Crippen LogP contribution is -1.77. The van der Waals surface area contributed by atoms with Gasteiger partial charge in [-0.3, -0.25) is 0 Å². The van der Waals surface area contributed by atoms with Gasteiger partial charge in [0.1, 0.15) is 0 Å². The SMILES string of the molecule is C1=CCCCC1.Cl.N. The maximum atomic E-state index is 2.27. The maximum absolute atomic E-state index is 2.27. The van der Waals surface area contributed by atoms with E-state index in [0.717, 1.165) is 0 Å². The molecule has 0 aliphatic heterocycles. The Hall–Kier alpha value is -0.0100. The molecule has 0 atom stereocenters. The average Bonchev–Trinajstić information content (AvgIpc) is 1.72. The molecule has 0 spiro atoms. The van der Waals surface area contributed by atoms with Crippen molar-refractivity contribution >= 4 is 12.4 Å². The van der Waals surface area contributed by atoms with Crippen LogP contribution in [0.25, 0.3) is 0 Å². The molecule has 2 heteroatoms. The molecule has 0 radical (unpaired) electrons. The molecule has 0 aromatic rings. The zero-order chi connectivity index (χ0) is 4.24. The molecule has 0 fully saturated rings. The minimum Gasteiger partial charge on any atom is -0.344 e. The first-order valence-corrected chi connectivity index (χ1v) is 2.65. The first kappa shape index (κ1) is 10.9. The molecule has 0 heterocycles. The Kier molecular flexibility index (Phi) is 9.51. The number of hydrogen-bond donors (Lipinski definition) is 1. The van der Waals surface area contributed by atoms with Crippen molar-refractivity contribution in [3.63, 3.8) is 0 Å². The van der Waals surface area contributed by atoms with E-state index in [4.69, 9.17) is 0 Å². The van der Waals surface area contributed by atoms with Crippen LogP contribution in [0.2, 0.25) is 0 Å². The van der Waals surface area contributed by atoms with Crippen molar-refractivity contribution in [2.24, 2.45) is 0 Å². The second-order valence-electron chi connectivity index (χ2n) is 1.76. The lowest BCUT2D eigenvalue weighted by atomic mass is 10.1. The van der Waals surface area contributed by atoms with Crippen molar-refractivity contribution in [1.29, 1.82) is 0 Å². The largest absolute Gasteiger partial charge is 0.344 e. The van der Waals surface area contributed by atoms with Crippen LogP contribution in [0, 0.1) is 0 Å². The summed E-state index contributed by atoms with van der Waals surface area (Å²) in [5, 5.41) is 0. The molecule has 50 valence electrons. The zero-order valence-corrected chi connectivity index (χ0v) is 5.91. The molecule has 0 saturated carbocycles. The quantitative estimate of drug-likeness (QED) is 0.510. The third-order valence-electron chi connectivity index (χ3n) is 1.16. The fraction of sp³-hybridized carbons (Fsp3) is 0.667. The molecule has 0 unspecified atom stereocenters. The molecule has 0 bridgehead atoms. The average molecular weight is 136 g/mol. The highest BCUT2D eigenvalue weighted by molar-refractivity contribution is 5.85. The molecule has 0 aromatic carbocycles. The van der Waals surface area contributed by atoms with E-state index < -0.39 is 0 Å². The van der Waals surface area contributed by atoms with Crippen LogP contribution < -0.4 is 6.15 Å². The molecule has 1 rings (SSSR count). The van der Waals surface area contributed by atoms with E-state index in [2.05, 4.69) is 12.2 Å². The summed E-state index contributed by atoms with van der Waals surface area (Å²) in [6.07, 6.45) is 10.0. The molecule has 1 nitrogen and oxygen atoms in total. The Morgan fingerprint density at radius 2 is 1.25 bits per heavy atom. The van der Waals surface area contributed by atoms with Gasteiger partial charge in [-0.05, 0) is 25.7 Å². The lowest BCUT2D eigenvalue weighted by Gasteiger charge is -1.97. The van der Waals surface area contributed by atoms with Crippen molar-refractivity contribution in [3.8, 4) is 0 Å². The Balaban J connectivity index is 0. The third kappa shape index (κ3) is 4.16. The van der Waals surface area contributed by atoms with Gasteiger partial charge in [0.15, 0.2) is 0 Å². The predicted octanol–water partition coefficient (Wildman–Crippen LogP) is 2.70. The molecule has 8 heavy (non-hydrogen) atoms. The van der Waals surface area contributed by atoms with Gasteiger partial charge in [-0.15, -0.1) is 12.4 Å². The van der Waals surface area contributed by atoms with Gasteiger partial charge in [-0.25, -0.2) is 0 Å². The maximum Gasteiger partial charge on any atom is -0.0351 e. The first-order chi connectivity index (χ1) is 3.00. The van der Waals surface area contributed by atoms with Crippen LogP contribution in [0.4, 0.5) is 0 Å². The normalized spacial score (nSPS) is 16.0. The minimum absolute atomic E-state index is 0. The third-order valence-corrected chi connectivity index (χ3v) is 1.16. The summed E-state index contributed by atoms with van der Waals surface area (Å²) in [4.78, 5) is 0. The first-order valence-electron chi connectivity index (χ1n) is 2.65. The summed E-state index contributed by atoms with van der Waals surface area (Å²) in [5.74, 6) is 0. The van der Waals surface area contributed by atoms with E-state index in [9.17, 15) is 0 Å². The van der Waals surface area contributed by atoms with Gasteiger partial charge in [-0.1, -0.05) is 12.2 Å². The van der Waals surface area contributed by atoms with Crippen LogP contribution in [-0.2, 0) is 0 Å². The predicted molar refractivity (Wildman–Crippen MR) is 39.9 cm³/mol. The van der Waals surface area contributed by atoms with Crippen LogP contribution in [0.15, 0.2) is 12.2 Å². The summed E-state index contributed by atoms with van der Waals surface area (Å²) in [6.45, 7) is 0. The standard InChI is InChI=1S/C6H10.ClH.H3N/c1-2-4-6-5-3-1;;/h1-2H,3-6H2;1H;1H3. The zero-order valence-electron chi connectivity index (χ0n) is 5.10. The molecule has 0 aromatic heterocycles. The summed E-state index contributed by atoms with van der Waals surface area (Å²) < 4.78 is 0. The van der Waals surface area contributed by atoms with Gasteiger partial charge in [0.05, 0.1) is 0 Å². The van der Waals surface area contributed by atoms with Crippen LogP contribution in [-0.4, -0.2) is 0 Å². The lowest BCUT2D eigenvalue weighted by molar-refractivity contribution is 0.730. The highest BCUT2D eigenvalue weighted by Crippen LogP contribution is 2.07. The van der Waals surface area contributed by atoms with Crippen molar-refractivity contribution < 1.29 is 0 Å². The number of halogens is 1. The van der Waals surface area contributed by atoms with E-state index in [-0.39, 0.29) is 18.6 Å². The van der Waals surface area contributed by atoms with E-state index in [1.807, 2.05) is 0 Å². The summed E-state index contributed by atoms with van der Waals surface area (Å²) in [6, 6.07) is 0. The number of rotatable bonds is 0. The van der Waals surface area contributed by atoms with E-state index in [0.29, 0.717) is 0 Å². The Morgan fingerprint density at radius 1 is 0.875 bits per heavy atom. The minimum atomic E-state index is 0. The van der Waals surface area contributed by atoms with E-state index in [1.54, 1.807) is 0 Å². The Labute approximate surface area is 57.2 Å². The fourth-order valence-electron chi connectivity index (χ4n) is 0.760. The molecular weight excluding hydrogens is 122 g/mol. The van der Waals surface area contributed by atoms with E-state index >= 15 is 0 Å². The number of allylic oxidation sites excluding steroid dienone is 2. The topological polar surface area (TPSA) is 35.0 Å². The van der Waals surface area contributed by atoms with Crippen LogP contribution >= 0.6 is 12.4 Å². The monoisotopic (exact) mass is 135 g/mol. The Bertz CT molecular complexity index is 53.5. The highest BCUT2D eigenvalue weighted by atomic mass is 35.5. The fourth-order valence-corrected chi connectivity index (χ4v) is 0.760. The highest BCUT2D eigenvalue weighted by Gasteiger charge is 1.87. The van der Waals surface area contributed by atoms with Gasteiger partial charge >= 0.3 is 0 Å². The van der Waals surface area contributed by atoms with Crippen LogP contribution in [0.1, 0.15) is 25.7 Å². The molecule has 1 aliphatic rings. The van der Waals surface area contributed by atoms with Crippen molar-refractivity contribution in [1.82, 2.24) is 6.15 Å². The van der Waals surface area contributed by atoms with Gasteiger partial charge in [0.25, 0.3) is 0 Å².